The maximum atomic E-state index is 12.4. The molecule has 1 atom stereocenters. The number of benzene rings is 1. The third-order valence-corrected chi connectivity index (χ3v) is 4.76. The van der Waals surface area contributed by atoms with Gasteiger partial charge in [0.15, 0.2) is 0 Å². The minimum Gasteiger partial charge on any atom is -0.344 e. The first-order chi connectivity index (χ1) is 12.3. The fourth-order valence-corrected chi connectivity index (χ4v) is 3.40. The van der Waals surface area contributed by atoms with Gasteiger partial charge in [-0.3, -0.25) is 9.78 Å². The maximum absolute atomic E-state index is 12.4. The van der Waals surface area contributed by atoms with Crippen LogP contribution in [-0.2, 0) is 11.3 Å². The highest BCUT2D eigenvalue weighted by Gasteiger charge is 2.15. The molecule has 1 aromatic carbocycles. The van der Waals surface area contributed by atoms with E-state index in [1.54, 1.807) is 0 Å². The molecule has 0 bridgehead atoms. The van der Waals surface area contributed by atoms with Crippen LogP contribution in [0.1, 0.15) is 39.2 Å². The summed E-state index contributed by atoms with van der Waals surface area (Å²) < 4.78 is 0. The van der Waals surface area contributed by atoms with Gasteiger partial charge in [0.2, 0.25) is 5.91 Å². The van der Waals surface area contributed by atoms with E-state index in [-0.39, 0.29) is 5.91 Å². The van der Waals surface area contributed by atoms with Crippen LogP contribution in [0.5, 0.6) is 0 Å². The number of rotatable bonds is 9. The molecule has 4 nitrogen and oxygen atoms in total. The average molecular weight is 356 g/mol. The number of pyridine rings is 1. The Balaban J connectivity index is 1.79. The van der Waals surface area contributed by atoms with Gasteiger partial charge in [-0.15, -0.1) is 0 Å². The first-order valence-electron chi connectivity index (χ1n) is 9.61. The number of carbonyl (C=O) groups excluding carboxylic acids is 1. The Morgan fingerprint density at radius 3 is 2.62 bits per heavy atom. The Labute approximate surface area is 158 Å². The van der Waals surface area contributed by atoms with Crippen molar-refractivity contribution in [3.8, 4) is 0 Å². The van der Waals surface area contributed by atoms with E-state index < -0.39 is 0 Å². The lowest BCUT2D eigenvalue weighted by Crippen LogP contribution is -2.35. The van der Waals surface area contributed by atoms with E-state index in [2.05, 4.69) is 62.0 Å². The second-order valence-electron chi connectivity index (χ2n) is 8.02. The highest BCUT2D eigenvalue weighted by molar-refractivity contribution is 5.78. The van der Waals surface area contributed by atoms with Gasteiger partial charge in [-0.2, -0.15) is 0 Å². The standard InChI is InChI=1S/C22H33N3O/c1-17(2)13-18(3)14-22(26)25(5)12-11-24(4)16-19-8-9-21-20(15-19)7-6-10-23-21/h6-10,15,17-18H,11-14,16H2,1-5H3. The van der Waals surface area contributed by atoms with Gasteiger partial charge in [0, 0.05) is 44.7 Å². The summed E-state index contributed by atoms with van der Waals surface area (Å²) in [4.78, 5) is 20.9. The lowest BCUT2D eigenvalue weighted by molar-refractivity contribution is -0.131. The molecule has 4 heteroatoms. The highest BCUT2D eigenvalue weighted by atomic mass is 16.2. The van der Waals surface area contributed by atoms with E-state index in [9.17, 15) is 4.79 Å². The van der Waals surface area contributed by atoms with Crippen molar-refractivity contribution in [2.24, 2.45) is 11.8 Å². The van der Waals surface area contributed by atoms with Crippen molar-refractivity contribution in [1.29, 1.82) is 0 Å². The SMILES string of the molecule is CC(C)CC(C)CC(=O)N(C)CCN(C)Cc1ccc2ncccc2c1. The molecule has 2 rings (SSSR count). The van der Waals surface area contributed by atoms with Crippen molar-refractivity contribution >= 4 is 16.8 Å². The van der Waals surface area contributed by atoms with Gasteiger partial charge in [-0.05, 0) is 49.1 Å². The van der Waals surface area contributed by atoms with E-state index in [0.29, 0.717) is 18.3 Å². The summed E-state index contributed by atoms with van der Waals surface area (Å²) in [6.07, 6.45) is 3.58. The van der Waals surface area contributed by atoms with Crippen molar-refractivity contribution in [3.63, 3.8) is 0 Å². The zero-order valence-corrected chi connectivity index (χ0v) is 16.9. The molecule has 2 aromatic rings. The normalized spacial score (nSPS) is 12.7. The predicted octanol–water partition coefficient (Wildman–Crippen LogP) is 4.20. The summed E-state index contributed by atoms with van der Waals surface area (Å²) in [5.74, 6) is 1.35. The van der Waals surface area contributed by atoms with Crippen LogP contribution in [-0.4, -0.2) is 47.9 Å². The molecule has 26 heavy (non-hydrogen) atoms. The number of hydrogen-bond donors (Lipinski definition) is 0. The van der Waals surface area contributed by atoms with Crippen molar-refractivity contribution in [2.75, 3.05) is 27.2 Å². The van der Waals surface area contributed by atoms with E-state index >= 15 is 0 Å². The number of likely N-dealkylation sites (N-methyl/N-ethyl adjacent to an activating group) is 2. The van der Waals surface area contributed by atoms with Crippen LogP contribution >= 0.6 is 0 Å². The number of amides is 1. The Morgan fingerprint density at radius 2 is 1.88 bits per heavy atom. The molecule has 1 unspecified atom stereocenters. The molecule has 0 aliphatic rings. The van der Waals surface area contributed by atoms with Gasteiger partial charge in [0.05, 0.1) is 5.52 Å². The molecule has 0 spiro atoms. The summed E-state index contributed by atoms with van der Waals surface area (Å²) >= 11 is 0. The molecule has 0 saturated heterocycles. The second kappa shape index (κ2) is 9.67. The lowest BCUT2D eigenvalue weighted by Gasteiger charge is -2.24. The van der Waals surface area contributed by atoms with Gasteiger partial charge in [0.1, 0.15) is 0 Å². The summed E-state index contributed by atoms with van der Waals surface area (Å²) in [7, 11) is 4.02. The lowest BCUT2D eigenvalue weighted by atomic mass is 9.95. The van der Waals surface area contributed by atoms with Crippen molar-refractivity contribution in [1.82, 2.24) is 14.8 Å². The van der Waals surface area contributed by atoms with Crippen LogP contribution in [0.15, 0.2) is 36.5 Å². The Morgan fingerprint density at radius 1 is 1.12 bits per heavy atom. The number of carbonyl (C=O) groups is 1. The smallest absolute Gasteiger partial charge is 0.222 e. The molecule has 0 aliphatic heterocycles. The first kappa shape index (κ1) is 20.4. The average Bonchev–Trinajstić information content (AvgIpc) is 2.58. The van der Waals surface area contributed by atoms with Gasteiger partial charge in [-0.25, -0.2) is 0 Å². The van der Waals surface area contributed by atoms with Crippen LogP contribution in [0.4, 0.5) is 0 Å². The van der Waals surface area contributed by atoms with Crippen LogP contribution < -0.4 is 0 Å². The third-order valence-electron chi connectivity index (χ3n) is 4.76. The maximum Gasteiger partial charge on any atom is 0.222 e. The van der Waals surface area contributed by atoms with Gasteiger partial charge in [-0.1, -0.05) is 32.9 Å². The Hall–Kier alpha value is -1.94. The number of fused-ring (bicyclic) bond motifs is 1. The molecule has 0 fully saturated rings. The van der Waals surface area contributed by atoms with Crippen molar-refractivity contribution in [2.45, 2.75) is 40.2 Å². The van der Waals surface area contributed by atoms with Crippen LogP contribution in [0.3, 0.4) is 0 Å². The summed E-state index contributed by atoms with van der Waals surface area (Å²) in [6.45, 7) is 9.10. The molecule has 1 heterocycles. The molecule has 142 valence electrons. The van der Waals surface area contributed by atoms with E-state index in [1.165, 1.54) is 10.9 Å². The predicted molar refractivity (Wildman–Crippen MR) is 109 cm³/mol. The number of hydrogen-bond acceptors (Lipinski definition) is 3. The van der Waals surface area contributed by atoms with Crippen LogP contribution in [0.25, 0.3) is 10.9 Å². The summed E-state index contributed by atoms with van der Waals surface area (Å²) in [6, 6.07) is 10.5. The fourth-order valence-electron chi connectivity index (χ4n) is 3.40. The first-order valence-corrected chi connectivity index (χ1v) is 9.61. The Bertz CT molecular complexity index is 713. The highest BCUT2D eigenvalue weighted by Crippen LogP contribution is 2.16. The van der Waals surface area contributed by atoms with Gasteiger partial charge >= 0.3 is 0 Å². The quantitative estimate of drug-likeness (QED) is 0.676. The molecule has 1 aromatic heterocycles. The molecular weight excluding hydrogens is 322 g/mol. The molecule has 1 amide bonds. The molecule has 0 N–H and O–H groups in total. The minimum absolute atomic E-state index is 0.253. The fraction of sp³-hybridized carbons (Fsp3) is 0.545. The molecule has 0 aliphatic carbocycles. The molecular formula is C22H33N3O. The van der Waals surface area contributed by atoms with E-state index in [0.717, 1.165) is 31.6 Å². The largest absolute Gasteiger partial charge is 0.344 e. The van der Waals surface area contributed by atoms with Gasteiger partial charge < -0.3 is 9.80 Å². The zero-order chi connectivity index (χ0) is 19.1. The summed E-state index contributed by atoms with van der Waals surface area (Å²) in [5, 5.41) is 1.17. The van der Waals surface area contributed by atoms with Gasteiger partial charge in [0.25, 0.3) is 0 Å². The molecule has 0 saturated carbocycles. The minimum atomic E-state index is 0.253. The van der Waals surface area contributed by atoms with Crippen molar-refractivity contribution in [3.05, 3.63) is 42.1 Å². The van der Waals surface area contributed by atoms with Crippen LogP contribution in [0, 0.1) is 11.8 Å². The number of aromatic nitrogens is 1. The number of nitrogens with zero attached hydrogens (tertiary/aromatic N) is 3. The Kier molecular flexibility index (Phi) is 7.58. The van der Waals surface area contributed by atoms with Crippen LogP contribution in [0.2, 0.25) is 0 Å². The topological polar surface area (TPSA) is 36.4 Å². The monoisotopic (exact) mass is 355 g/mol. The third kappa shape index (κ3) is 6.41. The van der Waals surface area contributed by atoms with Crippen molar-refractivity contribution < 1.29 is 4.79 Å². The zero-order valence-electron chi connectivity index (χ0n) is 16.9. The molecule has 0 radical (unpaired) electrons. The second-order valence-corrected chi connectivity index (χ2v) is 8.02. The summed E-state index contributed by atoms with van der Waals surface area (Å²) in [5.41, 5.74) is 2.30. The van der Waals surface area contributed by atoms with E-state index in [1.807, 2.05) is 24.2 Å². The van der Waals surface area contributed by atoms with E-state index in [4.69, 9.17) is 0 Å².